The van der Waals surface area contributed by atoms with Gasteiger partial charge in [0.25, 0.3) is 5.91 Å². The van der Waals surface area contributed by atoms with Crippen LogP contribution in [0.5, 0.6) is 0 Å². The van der Waals surface area contributed by atoms with Crippen LogP contribution in [-0.2, 0) is 6.42 Å². The minimum absolute atomic E-state index is 0.0680. The van der Waals surface area contributed by atoms with Gasteiger partial charge in [0.1, 0.15) is 0 Å². The molecular formula is C16H16N2OS. The molecular weight excluding hydrogens is 268 g/mol. The average molecular weight is 284 g/mol. The van der Waals surface area contributed by atoms with Gasteiger partial charge in [-0.05, 0) is 48.6 Å². The summed E-state index contributed by atoms with van der Waals surface area (Å²) in [6.45, 7) is 0.723. The molecule has 20 heavy (non-hydrogen) atoms. The molecule has 0 bridgehead atoms. The van der Waals surface area contributed by atoms with Crippen molar-refractivity contribution in [3.05, 3.63) is 53.6 Å². The van der Waals surface area contributed by atoms with E-state index >= 15 is 0 Å². The number of hydrogen-bond donors (Lipinski definition) is 1. The molecule has 4 heteroatoms. The van der Waals surface area contributed by atoms with Gasteiger partial charge in [-0.1, -0.05) is 12.1 Å². The fraction of sp³-hybridized carbons (Fsp3) is 0.188. The third kappa shape index (κ3) is 2.16. The number of carbonyl (C=O) groups is 1. The Morgan fingerprint density at radius 3 is 2.85 bits per heavy atom. The number of carbonyl (C=O) groups excluding carboxylic acids is 1. The number of thioether (sulfide) groups is 1. The summed E-state index contributed by atoms with van der Waals surface area (Å²) in [6, 6.07) is 13.5. The number of rotatable bonds is 2. The SMILES string of the molecule is CSc1ccccc1C(=O)N1CCc2cc(N)ccc21. The molecule has 3 nitrogen and oxygen atoms in total. The highest BCUT2D eigenvalue weighted by molar-refractivity contribution is 7.98. The molecule has 0 atom stereocenters. The minimum atomic E-state index is 0.0680. The monoisotopic (exact) mass is 284 g/mol. The zero-order chi connectivity index (χ0) is 14.1. The first-order valence-electron chi connectivity index (χ1n) is 6.54. The van der Waals surface area contributed by atoms with Gasteiger partial charge in [0.2, 0.25) is 0 Å². The lowest BCUT2D eigenvalue weighted by Crippen LogP contribution is -2.29. The first-order valence-corrected chi connectivity index (χ1v) is 7.76. The van der Waals surface area contributed by atoms with Crippen LogP contribution in [0.25, 0.3) is 0 Å². The lowest BCUT2D eigenvalue weighted by Gasteiger charge is -2.19. The zero-order valence-corrected chi connectivity index (χ0v) is 12.1. The Bertz CT molecular complexity index is 669. The van der Waals surface area contributed by atoms with Gasteiger partial charge in [0.15, 0.2) is 0 Å². The smallest absolute Gasteiger partial charge is 0.259 e. The Morgan fingerprint density at radius 1 is 1.25 bits per heavy atom. The number of nitrogens with zero attached hydrogens (tertiary/aromatic N) is 1. The van der Waals surface area contributed by atoms with E-state index in [1.54, 1.807) is 11.8 Å². The molecule has 0 spiro atoms. The van der Waals surface area contributed by atoms with Gasteiger partial charge in [0, 0.05) is 22.8 Å². The molecule has 1 aliphatic rings. The van der Waals surface area contributed by atoms with Crippen LogP contribution in [0.2, 0.25) is 0 Å². The van der Waals surface area contributed by atoms with Gasteiger partial charge in [-0.15, -0.1) is 11.8 Å². The Hall–Kier alpha value is -1.94. The van der Waals surface area contributed by atoms with Crippen LogP contribution in [0.3, 0.4) is 0 Å². The van der Waals surface area contributed by atoms with Crippen LogP contribution in [0.1, 0.15) is 15.9 Å². The van der Waals surface area contributed by atoms with Crippen molar-refractivity contribution < 1.29 is 4.79 Å². The molecule has 3 rings (SSSR count). The molecule has 0 unspecified atom stereocenters. The number of nitrogen functional groups attached to an aromatic ring is 1. The van der Waals surface area contributed by atoms with E-state index in [1.807, 2.05) is 53.6 Å². The average Bonchev–Trinajstić information content (AvgIpc) is 2.89. The Morgan fingerprint density at radius 2 is 2.05 bits per heavy atom. The fourth-order valence-electron chi connectivity index (χ4n) is 2.60. The van der Waals surface area contributed by atoms with Gasteiger partial charge in [-0.2, -0.15) is 0 Å². The zero-order valence-electron chi connectivity index (χ0n) is 11.3. The predicted molar refractivity (Wildman–Crippen MR) is 84.5 cm³/mol. The molecule has 2 aromatic rings. The van der Waals surface area contributed by atoms with Crippen LogP contribution in [0.4, 0.5) is 11.4 Å². The maximum Gasteiger partial charge on any atom is 0.259 e. The lowest BCUT2D eigenvalue weighted by molar-refractivity contribution is 0.0986. The summed E-state index contributed by atoms with van der Waals surface area (Å²) in [5.74, 6) is 0.0680. The standard InChI is InChI=1S/C16H16N2OS/c1-20-15-5-3-2-4-13(15)16(19)18-9-8-11-10-12(17)6-7-14(11)18/h2-7,10H,8-9,17H2,1H3. The van der Waals surface area contributed by atoms with E-state index in [1.165, 1.54) is 0 Å². The van der Waals surface area contributed by atoms with Crippen molar-refractivity contribution in [2.45, 2.75) is 11.3 Å². The van der Waals surface area contributed by atoms with Crippen molar-refractivity contribution in [2.75, 3.05) is 23.4 Å². The van der Waals surface area contributed by atoms with Crippen LogP contribution in [0.15, 0.2) is 47.4 Å². The molecule has 1 aliphatic heterocycles. The van der Waals surface area contributed by atoms with E-state index < -0.39 is 0 Å². The van der Waals surface area contributed by atoms with E-state index in [0.29, 0.717) is 0 Å². The van der Waals surface area contributed by atoms with Gasteiger partial charge in [-0.25, -0.2) is 0 Å². The van der Waals surface area contributed by atoms with Crippen molar-refractivity contribution in [3.63, 3.8) is 0 Å². The van der Waals surface area contributed by atoms with E-state index in [9.17, 15) is 4.79 Å². The van der Waals surface area contributed by atoms with Crippen molar-refractivity contribution >= 4 is 29.0 Å². The number of benzene rings is 2. The summed E-state index contributed by atoms with van der Waals surface area (Å²) in [5, 5.41) is 0. The molecule has 0 radical (unpaired) electrons. The van der Waals surface area contributed by atoms with Crippen LogP contribution >= 0.6 is 11.8 Å². The van der Waals surface area contributed by atoms with E-state index in [0.717, 1.165) is 40.4 Å². The normalized spacial score (nSPS) is 13.3. The van der Waals surface area contributed by atoms with Crippen LogP contribution < -0.4 is 10.6 Å². The number of nitrogens with two attached hydrogens (primary N) is 1. The second kappa shape index (κ2) is 5.21. The third-order valence-electron chi connectivity index (χ3n) is 3.58. The van der Waals surface area contributed by atoms with Gasteiger partial charge in [0.05, 0.1) is 5.56 Å². The molecule has 0 saturated heterocycles. The number of anilines is 2. The lowest BCUT2D eigenvalue weighted by atomic mass is 10.1. The minimum Gasteiger partial charge on any atom is -0.399 e. The quantitative estimate of drug-likeness (QED) is 0.680. The summed E-state index contributed by atoms with van der Waals surface area (Å²) < 4.78 is 0. The maximum absolute atomic E-state index is 12.8. The van der Waals surface area contributed by atoms with Crippen molar-refractivity contribution in [1.29, 1.82) is 0 Å². The molecule has 0 aliphatic carbocycles. The van der Waals surface area contributed by atoms with Crippen LogP contribution in [-0.4, -0.2) is 18.7 Å². The second-order valence-electron chi connectivity index (χ2n) is 4.80. The van der Waals surface area contributed by atoms with Crippen molar-refractivity contribution in [1.82, 2.24) is 0 Å². The molecule has 1 heterocycles. The van der Waals surface area contributed by atoms with Gasteiger partial charge < -0.3 is 10.6 Å². The molecule has 0 fully saturated rings. The Balaban J connectivity index is 1.98. The number of hydrogen-bond acceptors (Lipinski definition) is 3. The summed E-state index contributed by atoms with van der Waals surface area (Å²) >= 11 is 1.60. The summed E-state index contributed by atoms with van der Waals surface area (Å²) in [6.07, 6.45) is 2.86. The highest BCUT2D eigenvalue weighted by Gasteiger charge is 2.26. The van der Waals surface area contributed by atoms with Gasteiger partial charge >= 0.3 is 0 Å². The van der Waals surface area contributed by atoms with Crippen molar-refractivity contribution in [3.8, 4) is 0 Å². The van der Waals surface area contributed by atoms with Crippen LogP contribution in [0, 0.1) is 0 Å². The first-order chi connectivity index (χ1) is 9.70. The summed E-state index contributed by atoms with van der Waals surface area (Å²) in [4.78, 5) is 15.6. The Kier molecular flexibility index (Phi) is 3.40. The number of amides is 1. The predicted octanol–water partition coefficient (Wildman–Crippen LogP) is 3.19. The van der Waals surface area contributed by atoms with E-state index in [-0.39, 0.29) is 5.91 Å². The molecule has 2 aromatic carbocycles. The maximum atomic E-state index is 12.8. The summed E-state index contributed by atoms with van der Waals surface area (Å²) in [7, 11) is 0. The first kappa shape index (κ1) is 13.1. The molecule has 0 saturated carbocycles. The topological polar surface area (TPSA) is 46.3 Å². The largest absolute Gasteiger partial charge is 0.399 e. The molecule has 1 amide bonds. The Labute approximate surface area is 122 Å². The molecule has 0 aromatic heterocycles. The fourth-order valence-corrected chi connectivity index (χ4v) is 3.19. The second-order valence-corrected chi connectivity index (χ2v) is 5.64. The summed E-state index contributed by atoms with van der Waals surface area (Å²) in [5.41, 5.74) is 9.46. The molecule has 102 valence electrons. The van der Waals surface area contributed by atoms with Gasteiger partial charge in [-0.3, -0.25) is 4.79 Å². The van der Waals surface area contributed by atoms with Crippen molar-refractivity contribution in [2.24, 2.45) is 0 Å². The highest BCUT2D eigenvalue weighted by atomic mass is 32.2. The van der Waals surface area contributed by atoms with E-state index in [4.69, 9.17) is 5.73 Å². The number of fused-ring (bicyclic) bond motifs is 1. The highest BCUT2D eigenvalue weighted by Crippen LogP contribution is 2.32. The third-order valence-corrected chi connectivity index (χ3v) is 4.38. The molecule has 2 N–H and O–H groups in total. The van der Waals surface area contributed by atoms with E-state index in [2.05, 4.69) is 0 Å².